The van der Waals surface area contributed by atoms with Crippen LogP contribution in [0.25, 0.3) is 0 Å². The average molecular weight is 255 g/mol. The average Bonchev–Trinajstić information content (AvgIpc) is 2.37. The Morgan fingerprint density at radius 3 is 2.61 bits per heavy atom. The van der Waals surface area contributed by atoms with Gasteiger partial charge in [-0.05, 0) is 18.2 Å². The lowest BCUT2D eigenvalue weighted by Gasteiger charge is -2.10. The molecule has 6 heteroatoms. The second-order valence-electron chi connectivity index (χ2n) is 3.60. The van der Waals surface area contributed by atoms with Gasteiger partial charge in [0.15, 0.2) is 5.78 Å². The van der Waals surface area contributed by atoms with Gasteiger partial charge in [-0.25, -0.2) is 4.39 Å². The molecule has 1 unspecified atom stereocenters. The summed E-state index contributed by atoms with van der Waals surface area (Å²) in [6, 6.07) is 2.49. The van der Waals surface area contributed by atoms with Crippen LogP contribution >= 0.6 is 0 Å². The molecule has 5 nitrogen and oxygen atoms in total. The van der Waals surface area contributed by atoms with Crippen LogP contribution in [0.5, 0.6) is 5.75 Å². The number of methoxy groups -OCH3 is 2. The number of halogens is 1. The minimum atomic E-state index is -1.07. The van der Waals surface area contributed by atoms with E-state index in [9.17, 15) is 14.0 Å². The van der Waals surface area contributed by atoms with E-state index < -0.39 is 23.6 Å². The smallest absolute Gasteiger partial charge is 0.323 e. The highest BCUT2D eigenvalue weighted by molar-refractivity contribution is 6.01. The molecule has 0 saturated carbocycles. The lowest BCUT2D eigenvalue weighted by atomic mass is 10.0. The molecule has 0 amide bonds. The second-order valence-corrected chi connectivity index (χ2v) is 3.60. The molecule has 0 saturated heterocycles. The van der Waals surface area contributed by atoms with Crippen molar-refractivity contribution in [1.82, 2.24) is 0 Å². The molecule has 0 heterocycles. The van der Waals surface area contributed by atoms with E-state index in [2.05, 4.69) is 4.74 Å². The Hall–Kier alpha value is -1.95. The topological polar surface area (TPSA) is 78.6 Å². The molecular formula is C12H14FNO4. The van der Waals surface area contributed by atoms with Crippen LogP contribution in [-0.4, -0.2) is 32.0 Å². The van der Waals surface area contributed by atoms with Crippen LogP contribution in [0.1, 0.15) is 16.8 Å². The zero-order chi connectivity index (χ0) is 13.7. The van der Waals surface area contributed by atoms with Crippen LogP contribution in [0.2, 0.25) is 0 Å². The van der Waals surface area contributed by atoms with Gasteiger partial charge in [0.2, 0.25) is 0 Å². The SMILES string of the molecule is COC(=O)C(N)CC(=O)c1cc(F)ccc1OC. The molecule has 1 rings (SSSR count). The third kappa shape index (κ3) is 3.27. The van der Waals surface area contributed by atoms with Gasteiger partial charge in [-0.15, -0.1) is 0 Å². The van der Waals surface area contributed by atoms with E-state index in [4.69, 9.17) is 10.5 Å². The largest absolute Gasteiger partial charge is 0.496 e. The molecule has 0 fully saturated rings. The number of carbonyl (C=O) groups is 2. The minimum Gasteiger partial charge on any atom is -0.496 e. The van der Waals surface area contributed by atoms with Crippen LogP contribution in [0.15, 0.2) is 18.2 Å². The van der Waals surface area contributed by atoms with E-state index in [0.717, 1.165) is 6.07 Å². The molecular weight excluding hydrogens is 241 g/mol. The van der Waals surface area contributed by atoms with E-state index in [1.54, 1.807) is 0 Å². The summed E-state index contributed by atoms with van der Waals surface area (Å²) < 4.78 is 22.4. The Morgan fingerprint density at radius 1 is 1.39 bits per heavy atom. The number of benzene rings is 1. The summed E-state index contributed by atoms with van der Waals surface area (Å²) in [5.74, 6) is -1.51. The number of hydrogen-bond donors (Lipinski definition) is 1. The summed E-state index contributed by atoms with van der Waals surface area (Å²) >= 11 is 0. The van der Waals surface area contributed by atoms with Gasteiger partial charge in [-0.1, -0.05) is 0 Å². The van der Waals surface area contributed by atoms with Gasteiger partial charge in [0.05, 0.1) is 19.8 Å². The number of ether oxygens (including phenoxy) is 2. The van der Waals surface area contributed by atoms with Crippen molar-refractivity contribution in [1.29, 1.82) is 0 Å². The monoisotopic (exact) mass is 255 g/mol. The number of nitrogens with two attached hydrogens (primary N) is 1. The Morgan fingerprint density at radius 2 is 2.06 bits per heavy atom. The normalized spacial score (nSPS) is 11.8. The number of carbonyl (C=O) groups excluding carboxylic acids is 2. The van der Waals surface area contributed by atoms with Crippen molar-refractivity contribution in [2.75, 3.05) is 14.2 Å². The van der Waals surface area contributed by atoms with Gasteiger partial charge < -0.3 is 15.2 Å². The first-order valence-electron chi connectivity index (χ1n) is 5.19. The van der Waals surface area contributed by atoms with Crippen LogP contribution in [0.3, 0.4) is 0 Å². The van der Waals surface area contributed by atoms with Crippen LogP contribution < -0.4 is 10.5 Å². The lowest BCUT2D eigenvalue weighted by molar-refractivity contribution is -0.142. The van der Waals surface area contributed by atoms with Gasteiger partial charge in [0, 0.05) is 6.42 Å². The first kappa shape index (κ1) is 14.1. The number of rotatable bonds is 5. The number of Topliss-reactive ketones (excluding diaryl/α,β-unsaturated/α-hetero) is 1. The quantitative estimate of drug-likeness (QED) is 0.625. The Bertz CT molecular complexity index is 461. The zero-order valence-electron chi connectivity index (χ0n) is 10.1. The van der Waals surface area contributed by atoms with Crippen molar-refractivity contribution in [3.63, 3.8) is 0 Å². The Kier molecular flexibility index (Phi) is 4.79. The third-order valence-electron chi connectivity index (χ3n) is 2.37. The fourth-order valence-corrected chi connectivity index (χ4v) is 1.44. The second kappa shape index (κ2) is 6.11. The predicted octanol–water partition coefficient (Wildman–Crippen LogP) is 0.907. The molecule has 0 radical (unpaired) electrons. The molecule has 2 N–H and O–H groups in total. The van der Waals surface area contributed by atoms with Gasteiger partial charge >= 0.3 is 5.97 Å². The fourth-order valence-electron chi connectivity index (χ4n) is 1.44. The first-order chi connectivity index (χ1) is 8.49. The Labute approximate surface area is 104 Å². The van der Waals surface area contributed by atoms with Crippen molar-refractivity contribution in [2.45, 2.75) is 12.5 Å². The Balaban J connectivity index is 2.90. The van der Waals surface area contributed by atoms with E-state index in [0.29, 0.717) is 0 Å². The molecule has 18 heavy (non-hydrogen) atoms. The van der Waals surface area contributed by atoms with Gasteiger partial charge in [-0.3, -0.25) is 9.59 Å². The molecule has 1 atom stereocenters. The van der Waals surface area contributed by atoms with Gasteiger partial charge in [0.25, 0.3) is 0 Å². The molecule has 1 aromatic carbocycles. The van der Waals surface area contributed by atoms with Gasteiger partial charge in [0.1, 0.15) is 17.6 Å². The van der Waals surface area contributed by atoms with Crippen molar-refractivity contribution < 1.29 is 23.5 Å². The maximum atomic E-state index is 13.1. The summed E-state index contributed by atoms with van der Waals surface area (Å²) in [4.78, 5) is 23.0. The molecule has 0 aromatic heterocycles. The maximum absolute atomic E-state index is 13.1. The van der Waals surface area contributed by atoms with Crippen LogP contribution in [0, 0.1) is 5.82 Å². The summed E-state index contributed by atoms with van der Waals surface area (Å²) in [6.45, 7) is 0. The highest BCUT2D eigenvalue weighted by Gasteiger charge is 2.21. The summed E-state index contributed by atoms with van der Waals surface area (Å²) in [7, 11) is 2.54. The molecule has 0 bridgehead atoms. The van der Waals surface area contributed by atoms with Gasteiger partial charge in [-0.2, -0.15) is 0 Å². The molecule has 1 aromatic rings. The summed E-state index contributed by atoms with van der Waals surface area (Å²) in [6.07, 6.45) is -0.271. The van der Waals surface area contributed by atoms with Crippen LogP contribution in [0.4, 0.5) is 4.39 Å². The summed E-state index contributed by atoms with van der Waals surface area (Å²) in [5, 5.41) is 0. The first-order valence-corrected chi connectivity index (χ1v) is 5.19. The van der Waals surface area contributed by atoms with E-state index in [1.165, 1.54) is 26.4 Å². The molecule has 0 aliphatic heterocycles. The van der Waals surface area contributed by atoms with E-state index in [-0.39, 0.29) is 17.7 Å². The lowest BCUT2D eigenvalue weighted by Crippen LogP contribution is -2.33. The zero-order valence-corrected chi connectivity index (χ0v) is 10.1. The highest BCUT2D eigenvalue weighted by Crippen LogP contribution is 2.21. The molecule has 0 spiro atoms. The number of ketones is 1. The fraction of sp³-hybridized carbons (Fsp3) is 0.333. The standard InChI is InChI=1S/C12H14FNO4/c1-17-11-4-3-7(13)5-8(11)10(15)6-9(14)12(16)18-2/h3-5,9H,6,14H2,1-2H3. The van der Waals surface area contributed by atoms with Crippen molar-refractivity contribution in [3.8, 4) is 5.75 Å². The molecule has 0 aliphatic rings. The third-order valence-corrected chi connectivity index (χ3v) is 2.37. The van der Waals surface area contributed by atoms with Crippen LogP contribution in [-0.2, 0) is 9.53 Å². The van der Waals surface area contributed by atoms with Crippen molar-refractivity contribution >= 4 is 11.8 Å². The maximum Gasteiger partial charge on any atom is 0.323 e. The minimum absolute atomic E-state index is 0.0526. The molecule has 0 aliphatic carbocycles. The van der Waals surface area contributed by atoms with E-state index >= 15 is 0 Å². The highest BCUT2D eigenvalue weighted by atomic mass is 19.1. The molecule has 98 valence electrons. The van der Waals surface area contributed by atoms with E-state index in [1.807, 2.05) is 0 Å². The number of esters is 1. The van der Waals surface area contributed by atoms with Crippen molar-refractivity contribution in [2.24, 2.45) is 5.73 Å². The van der Waals surface area contributed by atoms with Crippen molar-refractivity contribution in [3.05, 3.63) is 29.6 Å². The summed E-state index contributed by atoms with van der Waals surface area (Å²) in [5.41, 5.74) is 5.52. The predicted molar refractivity (Wildman–Crippen MR) is 61.9 cm³/mol. The number of hydrogen-bond acceptors (Lipinski definition) is 5.